The molecule has 0 radical (unpaired) electrons. The van der Waals surface area contributed by atoms with E-state index in [9.17, 15) is 4.79 Å². The molecular weight excluding hydrogens is 455 g/mol. The molecule has 5 nitrogen and oxygen atoms in total. The summed E-state index contributed by atoms with van der Waals surface area (Å²) in [6.07, 6.45) is 2.10. The predicted molar refractivity (Wildman–Crippen MR) is 128 cm³/mol. The zero-order chi connectivity index (χ0) is 22.1. The van der Waals surface area contributed by atoms with Gasteiger partial charge >= 0.3 is 0 Å². The molecule has 158 valence electrons. The van der Waals surface area contributed by atoms with E-state index in [2.05, 4.69) is 20.9 Å². The Morgan fingerprint density at radius 3 is 1.94 bits per heavy atom. The Morgan fingerprint density at radius 1 is 0.806 bits per heavy atom. The summed E-state index contributed by atoms with van der Waals surface area (Å²) in [6.45, 7) is 0. The van der Waals surface area contributed by atoms with Gasteiger partial charge in [-0.3, -0.25) is 4.79 Å². The van der Waals surface area contributed by atoms with E-state index in [1.165, 1.54) is 6.08 Å². The van der Waals surface area contributed by atoms with Crippen molar-refractivity contribution >= 4 is 63.8 Å². The van der Waals surface area contributed by atoms with E-state index in [4.69, 9.17) is 34.8 Å². The molecule has 0 saturated carbocycles. The molecule has 3 aromatic carbocycles. The fourth-order valence-electron chi connectivity index (χ4n) is 2.53. The first-order chi connectivity index (χ1) is 14.9. The lowest BCUT2D eigenvalue weighted by molar-refractivity contribution is -0.116. The molecule has 0 spiro atoms. The van der Waals surface area contributed by atoms with Crippen LogP contribution >= 0.6 is 34.8 Å². The second kappa shape index (κ2) is 11.0. The number of azo groups is 1. The van der Waals surface area contributed by atoms with E-state index in [-0.39, 0.29) is 0 Å². The maximum atomic E-state index is 12.3. The minimum Gasteiger partial charge on any atom is -0.362 e. The van der Waals surface area contributed by atoms with Crippen molar-refractivity contribution in [1.82, 2.24) is 5.32 Å². The lowest BCUT2D eigenvalue weighted by atomic mass is 10.2. The lowest BCUT2D eigenvalue weighted by Gasteiger charge is -2.27. The molecule has 1 unspecified atom stereocenters. The summed E-state index contributed by atoms with van der Waals surface area (Å²) in [6, 6.07) is 25.9. The van der Waals surface area contributed by atoms with Crippen molar-refractivity contribution in [3.8, 4) is 0 Å². The highest BCUT2D eigenvalue weighted by molar-refractivity contribution is 6.68. The quantitative estimate of drug-likeness (QED) is 0.167. The maximum absolute atomic E-state index is 12.3. The molecule has 0 fully saturated rings. The van der Waals surface area contributed by atoms with Crippen molar-refractivity contribution in [3.05, 3.63) is 96.6 Å². The van der Waals surface area contributed by atoms with Gasteiger partial charge in [0, 0.05) is 11.8 Å². The summed E-state index contributed by atoms with van der Waals surface area (Å²) < 4.78 is -1.78. The Morgan fingerprint density at radius 2 is 1.35 bits per heavy atom. The van der Waals surface area contributed by atoms with E-state index in [1.807, 2.05) is 60.7 Å². The van der Waals surface area contributed by atoms with Crippen LogP contribution in [-0.4, -0.2) is 15.9 Å². The Balaban J connectivity index is 1.63. The molecule has 0 aromatic heterocycles. The van der Waals surface area contributed by atoms with Gasteiger partial charge in [-0.15, -0.1) is 0 Å². The van der Waals surface area contributed by atoms with E-state index in [1.54, 1.807) is 30.3 Å². The summed E-state index contributed by atoms with van der Waals surface area (Å²) in [5, 5.41) is 14.0. The number of benzene rings is 3. The number of nitrogens with one attached hydrogen (secondary N) is 2. The van der Waals surface area contributed by atoms with Gasteiger partial charge in [0.15, 0.2) is 0 Å². The number of hydrogen-bond acceptors (Lipinski definition) is 4. The third-order valence-corrected chi connectivity index (χ3v) is 4.71. The van der Waals surface area contributed by atoms with Crippen molar-refractivity contribution < 1.29 is 4.79 Å². The molecular formula is C23H19Cl3N4O. The predicted octanol–water partition coefficient (Wildman–Crippen LogP) is 7.04. The third-order valence-electron chi connectivity index (χ3n) is 4.06. The van der Waals surface area contributed by atoms with Crippen molar-refractivity contribution in [2.75, 3.05) is 5.32 Å². The number of hydrogen-bond donors (Lipinski definition) is 2. The molecule has 0 aliphatic rings. The van der Waals surface area contributed by atoms with Gasteiger partial charge in [0.1, 0.15) is 6.17 Å². The van der Waals surface area contributed by atoms with Gasteiger partial charge in [-0.2, -0.15) is 10.2 Å². The first-order valence-corrected chi connectivity index (χ1v) is 10.5. The Bertz CT molecular complexity index is 1030. The lowest BCUT2D eigenvalue weighted by Crippen LogP contribution is -2.48. The van der Waals surface area contributed by atoms with Crippen LogP contribution in [0.5, 0.6) is 0 Å². The zero-order valence-electron chi connectivity index (χ0n) is 16.3. The number of rotatable bonds is 7. The Kier molecular flexibility index (Phi) is 8.06. The number of halogens is 3. The van der Waals surface area contributed by atoms with Crippen molar-refractivity contribution in [2.24, 2.45) is 10.2 Å². The van der Waals surface area contributed by atoms with Gasteiger partial charge in [-0.1, -0.05) is 83.3 Å². The van der Waals surface area contributed by atoms with Crippen LogP contribution in [0.15, 0.2) is 101 Å². The molecule has 0 saturated heterocycles. The molecule has 0 aliphatic carbocycles. The first-order valence-electron chi connectivity index (χ1n) is 9.34. The van der Waals surface area contributed by atoms with Gasteiger partial charge in [0.25, 0.3) is 0 Å². The minimum atomic E-state index is -1.78. The van der Waals surface area contributed by atoms with E-state index >= 15 is 0 Å². The van der Waals surface area contributed by atoms with Crippen LogP contribution in [0, 0.1) is 0 Å². The number of nitrogens with zero attached hydrogens (tertiary/aromatic N) is 2. The van der Waals surface area contributed by atoms with Crippen molar-refractivity contribution in [3.63, 3.8) is 0 Å². The average Bonchev–Trinajstić information content (AvgIpc) is 2.77. The maximum Gasteiger partial charge on any atom is 0.245 e. The standard InChI is InChI=1S/C23H19Cl3N4O/c24-23(25,26)22(28-21(31)16-11-17-7-3-1-4-8-17)27-18-12-14-20(15-13-18)30-29-19-9-5-2-6-10-19/h1-16,22,27H,(H,28,31). The summed E-state index contributed by atoms with van der Waals surface area (Å²) in [5.41, 5.74) is 2.94. The summed E-state index contributed by atoms with van der Waals surface area (Å²) in [5.74, 6) is -0.402. The van der Waals surface area contributed by atoms with Gasteiger partial charge in [-0.25, -0.2) is 0 Å². The third kappa shape index (κ3) is 7.72. The molecule has 3 rings (SSSR count). The molecule has 3 aromatic rings. The topological polar surface area (TPSA) is 65.8 Å². The molecule has 1 amide bonds. The monoisotopic (exact) mass is 472 g/mol. The number of alkyl halides is 3. The summed E-state index contributed by atoms with van der Waals surface area (Å²) in [4.78, 5) is 12.3. The summed E-state index contributed by atoms with van der Waals surface area (Å²) in [7, 11) is 0. The first kappa shape index (κ1) is 22.8. The minimum absolute atomic E-state index is 0.402. The normalized spacial score (nSPS) is 12.7. The Labute approximate surface area is 195 Å². The summed E-state index contributed by atoms with van der Waals surface area (Å²) >= 11 is 18.2. The fraction of sp³-hybridized carbons (Fsp3) is 0.0870. The molecule has 31 heavy (non-hydrogen) atoms. The van der Waals surface area contributed by atoms with E-state index < -0.39 is 15.9 Å². The zero-order valence-corrected chi connectivity index (χ0v) is 18.5. The van der Waals surface area contributed by atoms with Crippen LogP contribution in [0.2, 0.25) is 0 Å². The van der Waals surface area contributed by atoms with Crippen LogP contribution in [0.3, 0.4) is 0 Å². The molecule has 0 heterocycles. The molecule has 2 N–H and O–H groups in total. The second-order valence-corrected chi connectivity index (χ2v) is 8.82. The molecule has 0 aliphatic heterocycles. The number of anilines is 1. The highest BCUT2D eigenvalue weighted by atomic mass is 35.6. The largest absolute Gasteiger partial charge is 0.362 e. The second-order valence-electron chi connectivity index (χ2n) is 6.45. The van der Waals surface area contributed by atoms with Crippen LogP contribution in [0.4, 0.5) is 17.1 Å². The number of carbonyl (C=O) groups is 1. The van der Waals surface area contributed by atoms with Gasteiger partial charge < -0.3 is 10.6 Å². The van der Waals surface area contributed by atoms with Crippen molar-refractivity contribution in [1.29, 1.82) is 0 Å². The average molecular weight is 474 g/mol. The van der Waals surface area contributed by atoms with E-state index in [0.29, 0.717) is 11.4 Å². The highest BCUT2D eigenvalue weighted by Crippen LogP contribution is 2.31. The number of carbonyl (C=O) groups excluding carboxylic acids is 1. The molecule has 1 atom stereocenters. The Hall–Kier alpha value is -2.86. The van der Waals surface area contributed by atoms with Crippen LogP contribution < -0.4 is 10.6 Å². The van der Waals surface area contributed by atoms with Crippen LogP contribution in [0.1, 0.15) is 5.56 Å². The van der Waals surface area contributed by atoms with E-state index in [0.717, 1.165) is 11.3 Å². The molecule has 0 bridgehead atoms. The van der Waals surface area contributed by atoms with Crippen LogP contribution in [0.25, 0.3) is 6.08 Å². The number of amides is 1. The molecule has 8 heteroatoms. The highest BCUT2D eigenvalue weighted by Gasteiger charge is 2.33. The van der Waals surface area contributed by atoms with Gasteiger partial charge in [0.05, 0.1) is 11.4 Å². The van der Waals surface area contributed by atoms with Crippen LogP contribution in [-0.2, 0) is 4.79 Å². The SMILES string of the molecule is O=C(C=Cc1ccccc1)NC(Nc1ccc(N=Nc2ccccc2)cc1)C(Cl)(Cl)Cl. The fourth-order valence-corrected chi connectivity index (χ4v) is 2.85. The van der Waals surface area contributed by atoms with Crippen molar-refractivity contribution in [2.45, 2.75) is 9.96 Å². The van der Waals surface area contributed by atoms with Gasteiger partial charge in [0.2, 0.25) is 9.70 Å². The van der Waals surface area contributed by atoms with Gasteiger partial charge in [-0.05, 0) is 48.0 Å². The smallest absolute Gasteiger partial charge is 0.245 e.